The van der Waals surface area contributed by atoms with Crippen molar-refractivity contribution in [3.05, 3.63) is 89.5 Å². The van der Waals surface area contributed by atoms with Crippen LogP contribution in [0.2, 0.25) is 0 Å². The number of nitrogen functional groups attached to an aromatic ring is 1. The zero-order chi connectivity index (χ0) is 24.2. The molecule has 3 aromatic carbocycles. The van der Waals surface area contributed by atoms with Gasteiger partial charge in [0.1, 0.15) is 5.75 Å². The van der Waals surface area contributed by atoms with Crippen LogP contribution in [0.4, 0.5) is 11.4 Å². The second-order valence-electron chi connectivity index (χ2n) is 9.25. The van der Waals surface area contributed by atoms with E-state index in [1.807, 2.05) is 54.6 Å². The van der Waals surface area contributed by atoms with Gasteiger partial charge < -0.3 is 21.1 Å². The van der Waals surface area contributed by atoms with Gasteiger partial charge in [-0.3, -0.25) is 9.59 Å². The quantitative estimate of drug-likeness (QED) is 0.231. The fourth-order valence-electron chi connectivity index (χ4n) is 3.70. The maximum Gasteiger partial charge on any atom is 0.255 e. The Morgan fingerprint density at radius 3 is 2.23 bits per heavy atom. The van der Waals surface area contributed by atoms with Crippen LogP contribution in [0, 0.1) is 5.92 Å². The van der Waals surface area contributed by atoms with E-state index in [1.54, 1.807) is 24.3 Å². The van der Waals surface area contributed by atoms with Crippen LogP contribution in [0.5, 0.6) is 5.75 Å². The molecule has 2 saturated carbocycles. The zero-order valence-corrected chi connectivity index (χ0v) is 19.5. The van der Waals surface area contributed by atoms with Crippen molar-refractivity contribution in [2.24, 2.45) is 5.92 Å². The summed E-state index contributed by atoms with van der Waals surface area (Å²) in [7, 11) is 0. The summed E-state index contributed by atoms with van der Waals surface area (Å²) in [6.07, 6.45) is 6.38. The molecule has 35 heavy (non-hydrogen) atoms. The number of hydrogen-bond donors (Lipinski definition) is 3. The Morgan fingerprint density at radius 2 is 1.57 bits per heavy atom. The van der Waals surface area contributed by atoms with Crippen LogP contribution in [0.3, 0.4) is 0 Å². The van der Waals surface area contributed by atoms with E-state index in [-0.39, 0.29) is 17.9 Å². The smallest absolute Gasteiger partial charge is 0.255 e. The minimum absolute atomic E-state index is 0.0967. The van der Waals surface area contributed by atoms with Gasteiger partial charge in [0.05, 0.1) is 18.0 Å². The summed E-state index contributed by atoms with van der Waals surface area (Å²) in [5.41, 5.74) is 9.75. The predicted molar refractivity (Wildman–Crippen MR) is 139 cm³/mol. The van der Waals surface area contributed by atoms with Crippen LogP contribution in [0.1, 0.15) is 47.2 Å². The maximum absolute atomic E-state index is 13.0. The summed E-state index contributed by atoms with van der Waals surface area (Å²) >= 11 is 0. The SMILES string of the molecule is Nc1ccccc1NC(=O)c1ccc(/C=C(\C(=O)NC2CC2)c2ccc(OCC3CC3)cc2)cc1. The third-order valence-electron chi connectivity index (χ3n) is 6.20. The van der Waals surface area contributed by atoms with Gasteiger partial charge in [-0.2, -0.15) is 0 Å². The van der Waals surface area contributed by atoms with Gasteiger partial charge in [-0.05, 0) is 85.2 Å². The second kappa shape index (κ2) is 10.1. The van der Waals surface area contributed by atoms with Crippen molar-refractivity contribution < 1.29 is 14.3 Å². The van der Waals surface area contributed by atoms with Crippen LogP contribution in [-0.4, -0.2) is 24.5 Å². The van der Waals surface area contributed by atoms with Gasteiger partial charge in [0, 0.05) is 17.2 Å². The molecule has 6 nitrogen and oxygen atoms in total. The predicted octanol–water partition coefficient (Wildman–Crippen LogP) is 5.13. The van der Waals surface area contributed by atoms with Gasteiger partial charge in [-0.25, -0.2) is 0 Å². The van der Waals surface area contributed by atoms with E-state index in [1.165, 1.54) is 12.8 Å². The molecule has 0 aromatic heterocycles. The molecule has 4 N–H and O–H groups in total. The van der Waals surface area contributed by atoms with Gasteiger partial charge in [0.15, 0.2) is 0 Å². The summed E-state index contributed by atoms with van der Waals surface area (Å²) < 4.78 is 5.84. The van der Waals surface area contributed by atoms with Crippen molar-refractivity contribution in [2.75, 3.05) is 17.7 Å². The van der Waals surface area contributed by atoms with E-state index in [9.17, 15) is 9.59 Å². The molecule has 0 saturated heterocycles. The first-order chi connectivity index (χ1) is 17.0. The van der Waals surface area contributed by atoms with Crippen LogP contribution >= 0.6 is 0 Å². The summed E-state index contributed by atoms with van der Waals surface area (Å²) in [6, 6.07) is 22.2. The van der Waals surface area contributed by atoms with Crippen LogP contribution in [0.15, 0.2) is 72.8 Å². The van der Waals surface area contributed by atoms with Crippen molar-refractivity contribution in [1.29, 1.82) is 0 Å². The molecule has 2 aliphatic carbocycles. The van der Waals surface area contributed by atoms with Gasteiger partial charge in [-0.1, -0.05) is 36.4 Å². The van der Waals surface area contributed by atoms with Crippen molar-refractivity contribution in [3.63, 3.8) is 0 Å². The number of carbonyl (C=O) groups excluding carboxylic acids is 2. The molecule has 0 heterocycles. The normalized spacial score (nSPS) is 15.4. The number of benzene rings is 3. The van der Waals surface area contributed by atoms with Crippen LogP contribution in [-0.2, 0) is 4.79 Å². The lowest BCUT2D eigenvalue weighted by atomic mass is 10.0. The third-order valence-corrected chi connectivity index (χ3v) is 6.20. The van der Waals surface area contributed by atoms with E-state index in [0.29, 0.717) is 28.4 Å². The molecule has 178 valence electrons. The molecular formula is C29H29N3O3. The topological polar surface area (TPSA) is 93.5 Å². The summed E-state index contributed by atoms with van der Waals surface area (Å²) in [5.74, 6) is 1.16. The molecule has 3 aromatic rings. The number of para-hydroxylation sites is 2. The van der Waals surface area contributed by atoms with Crippen molar-refractivity contribution in [1.82, 2.24) is 5.32 Å². The van der Waals surface area contributed by atoms with Crippen molar-refractivity contribution in [2.45, 2.75) is 31.7 Å². The van der Waals surface area contributed by atoms with E-state index in [0.717, 1.165) is 36.3 Å². The minimum atomic E-state index is -0.244. The largest absolute Gasteiger partial charge is 0.493 e. The van der Waals surface area contributed by atoms with E-state index >= 15 is 0 Å². The molecule has 0 atom stereocenters. The van der Waals surface area contributed by atoms with Gasteiger partial charge in [0.25, 0.3) is 11.8 Å². The van der Waals surface area contributed by atoms with Crippen LogP contribution in [0.25, 0.3) is 11.6 Å². The summed E-state index contributed by atoms with van der Waals surface area (Å²) in [6.45, 7) is 0.751. The lowest BCUT2D eigenvalue weighted by Crippen LogP contribution is -2.26. The Kier molecular flexibility index (Phi) is 6.53. The fraction of sp³-hybridized carbons (Fsp3) is 0.241. The fourth-order valence-corrected chi connectivity index (χ4v) is 3.70. The van der Waals surface area contributed by atoms with Gasteiger partial charge in [0.2, 0.25) is 0 Å². The first-order valence-corrected chi connectivity index (χ1v) is 12.1. The molecule has 0 aliphatic heterocycles. The van der Waals surface area contributed by atoms with E-state index in [2.05, 4.69) is 10.6 Å². The minimum Gasteiger partial charge on any atom is -0.493 e. The Balaban J connectivity index is 1.33. The number of hydrogen-bond acceptors (Lipinski definition) is 4. The van der Waals surface area contributed by atoms with Gasteiger partial charge in [-0.15, -0.1) is 0 Å². The monoisotopic (exact) mass is 467 g/mol. The number of rotatable bonds is 9. The highest BCUT2D eigenvalue weighted by atomic mass is 16.5. The highest BCUT2D eigenvalue weighted by Crippen LogP contribution is 2.30. The molecular weight excluding hydrogens is 438 g/mol. The Morgan fingerprint density at radius 1 is 0.886 bits per heavy atom. The molecule has 0 radical (unpaired) electrons. The highest BCUT2D eigenvalue weighted by Gasteiger charge is 2.25. The standard InChI is InChI=1S/C29H29N3O3/c30-26-3-1-2-4-27(26)32-28(33)22-9-7-19(8-10-22)17-25(29(34)31-23-13-14-23)21-11-15-24(16-12-21)35-18-20-5-6-20/h1-4,7-12,15-17,20,23H,5-6,13-14,18,30H2,(H,31,34)(H,32,33)/b25-17-. The lowest BCUT2D eigenvalue weighted by molar-refractivity contribution is -0.115. The number of carbonyl (C=O) groups is 2. The number of ether oxygens (including phenoxy) is 1. The Bertz CT molecular complexity index is 1240. The first kappa shape index (κ1) is 22.7. The molecule has 0 unspecified atom stereocenters. The van der Waals surface area contributed by atoms with E-state index < -0.39 is 0 Å². The van der Waals surface area contributed by atoms with Crippen molar-refractivity contribution in [3.8, 4) is 5.75 Å². The molecule has 6 heteroatoms. The molecule has 2 fully saturated rings. The van der Waals surface area contributed by atoms with Crippen LogP contribution < -0.4 is 21.1 Å². The summed E-state index contributed by atoms with van der Waals surface area (Å²) in [4.78, 5) is 25.7. The zero-order valence-electron chi connectivity index (χ0n) is 19.5. The highest BCUT2D eigenvalue weighted by molar-refractivity contribution is 6.24. The molecule has 0 bridgehead atoms. The Hall–Kier alpha value is -4.06. The average molecular weight is 468 g/mol. The molecule has 2 amide bonds. The number of nitrogens with two attached hydrogens (primary N) is 1. The third kappa shape index (κ3) is 6.09. The van der Waals surface area contributed by atoms with Gasteiger partial charge >= 0.3 is 0 Å². The molecule has 5 rings (SSSR count). The van der Waals surface area contributed by atoms with Crippen molar-refractivity contribution >= 4 is 34.8 Å². The number of nitrogens with one attached hydrogen (secondary N) is 2. The molecule has 2 aliphatic rings. The van der Waals surface area contributed by atoms with E-state index in [4.69, 9.17) is 10.5 Å². The Labute approximate surface area is 205 Å². The average Bonchev–Trinajstić information content (AvgIpc) is 3.80. The number of amides is 2. The molecule has 0 spiro atoms. The maximum atomic E-state index is 13.0. The summed E-state index contributed by atoms with van der Waals surface area (Å²) in [5, 5.41) is 5.91. The number of anilines is 2. The second-order valence-corrected chi connectivity index (χ2v) is 9.25. The first-order valence-electron chi connectivity index (χ1n) is 12.1. The lowest BCUT2D eigenvalue weighted by Gasteiger charge is -2.11.